The van der Waals surface area contributed by atoms with Crippen molar-refractivity contribution in [2.75, 3.05) is 38.2 Å². The molecule has 1 N–H and O–H groups in total. The van der Waals surface area contributed by atoms with Gasteiger partial charge in [-0.1, -0.05) is 6.07 Å². The van der Waals surface area contributed by atoms with Crippen molar-refractivity contribution in [2.45, 2.75) is 26.3 Å². The maximum absolute atomic E-state index is 9.49. The van der Waals surface area contributed by atoms with Gasteiger partial charge in [-0.05, 0) is 57.1 Å². The minimum Gasteiger partial charge on any atom is -0.395 e. The van der Waals surface area contributed by atoms with Crippen LogP contribution in [0.25, 0.3) is 0 Å². The number of hydrogen-bond donors (Lipinski definition) is 1. The number of aliphatic hydroxyl groups is 1. The summed E-state index contributed by atoms with van der Waals surface area (Å²) in [5.74, 6) is 0. The van der Waals surface area contributed by atoms with Gasteiger partial charge in [-0.2, -0.15) is 0 Å². The van der Waals surface area contributed by atoms with E-state index >= 15 is 0 Å². The van der Waals surface area contributed by atoms with Crippen LogP contribution < -0.4 is 4.90 Å². The predicted molar refractivity (Wildman–Crippen MR) is 76.2 cm³/mol. The van der Waals surface area contributed by atoms with Gasteiger partial charge in [-0.25, -0.2) is 0 Å². The smallest absolute Gasteiger partial charge is 0.0603 e. The molecule has 1 fully saturated rings. The third kappa shape index (κ3) is 3.03. The molecular formula is C15H24N2O. The van der Waals surface area contributed by atoms with Gasteiger partial charge in [0.1, 0.15) is 0 Å². The molecule has 0 aromatic heterocycles. The lowest BCUT2D eigenvalue weighted by Gasteiger charge is -2.29. The number of rotatable bonds is 2. The SMILES string of the molecule is Cc1cc(C)cc(N2CCCN(C)C(CO)C2)c1. The lowest BCUT2D eigenvalue weighted by atomic mass is 10.1. The molecule has 1 aliphatic rings. The average molecular weight is 248 g/mol. The zero-order valence-electron chi connectivity index (χ0n) is 11.7. The second-order valence-electron chi connectivity index (χ2n) is 5.46. The molecule has 0 bridgehead atoms. The predicted octanol–water partition coefficient (Wildman–Crippen LogP) is 1.81. The fourth-order valence-corrected chi connectivity index (χ4v) is 2.74. The highest BCUT2D eigenvalue weighted by Crippen LogP contribution is 2.21. The summed E-state index contributed by atoms with van der Waals surface area (Å²) in [6.07, 6.45) is 1.15. The molecule has 18 heavy (non-hydrogen) atoms. The minimum absolute atomic E-state index is 0.234. The van der Waals surface area contributed by atoms with E-state index in [9.17, 15) is 5.11 Å². The van der Waals surface area contributed by atoms with Crippen LogP contribution in [0.1, 0.15) is 17.5 Å². The first kappa shape index (κ1) is 13.4. The number of aliphatic hydroxyl groups excluding tert-OH is 1. The number of benzene rings is 1. The lowest BCUT2D eigenvalue weighted by Crippen LogP contribution is -2.41. The Labute approximate surface area is 110 Å². The first-order valence-corrected chi connectivity index (χ1v) is 6.74. The number of aryl methyl sites for hydroxylation is 2. The molecule has 3 heteroatoms. The normalized spacial score (nSPS) is 22.0. The van der Waals surface area contributed by atoms with E-state index in [0.717, 1.165) is 26.1 Å². The molecule has 0 radical (unpaired) electrons. The van der Waals surface area contributed by atoms with Crippen LogP contribution in [-0.4, -0.2) is 49.3 Å². The summed E-state index contributed by atoms with van der Waals surface area (Å²) in [4.78, 5) is 4.67. The largest absolute Gasteiger partial charge is 0.395 e. The molecule has 1 unspecified atom stereocenters. The van der Waals surface area contributed by atoms with E-state index in [1.165, 1.54) is 16.8 Å². The maximum atomic E-state index is 9.49. The van der Waals surface area contributed by atoms with Crippen molar-refractivity contribution in [1.29, 1.82) is 0 Å². The molecule has 100 valence electrons. The fourth-order valence-electron chi connectivity index (χ4n) is 2.74. The van der Waals surface area contributed by atoms with Crippen molar-refractivity contribution in [3.63, 3.8) is 0 Å². The Balaban J connectivity index is 2.20. The molecule has 0 saturated carbocycles. The van der Waals surface area contributed by atoms with E-state index in [4.69, 9.17) is 0 Å². The van der Waals surface area contributed by atoms with Crippen LogP contribution in [0.2, 0.25) is 0 Å². The number of nitrogens with zero attached hydrogens (tertiary/aromatic N) is 2. The summed E-state index contributed by atoms with van der Waals surface area (Å²) in [5, 5.41) is 9.49. The topological polar surface area (TPSA) is 26.7 Å². The molecular weight excluding hydrogens is 224 g/mol. The first-order valence-electron chi connectivity index (χ1n) is 6.74. The summed E-state index contributed by atoms with van der Waals surface area (Å²) < 4.78 is 0. The number of anilines is 1. The van der Waals surface area contributed by atoms with Gasteiger partial charge in [0, 0.05) is 24.8 Å². The third-order valence-electron chi connectivity index (χ3n) is 3.78. The van der Waals surface area contributed by atoms with Crippen LogP contribution >= 0.6 is 0 Å². The second kappa shape index (κ2) is 5.72. The van der Waals surface area contributed by atoms with Crippen LogP contribution in [-0.2, 0) is 0 Å². The molecule has 0 aliphatic carbocycles. The minimum atomic E-state index is 0.234. The summed E-state index contributed by atoms with van der Waals surface area (Å²) in [5.41, 5.74) is 3.91. The van der Waals surface area contributed by atoms with E-state index < -0.39 is 0 Å². The Hall–Kier alpha value is -1.06. The summed E-state index contributed by atoms with van der Waals surface area (Å²) in [6.45, 7) is 7.57. The van der Waals surface area contributed by atoms with Crippen molar-refractivity contribution in [3.05, 3.63) is 29.3 Å². The van der Waals surface area contributed by atoms with Gasteiger partial charge < -0.3 is 10.0 Å². The molecule has 0 spiro atoms. The van der Waals surface area contributed by atoms with Crippen LogP contribution in [0.3, 0.4) is 0 Å². The van der Waals surface area contributed by atoms with Gasteiger partial charge >= 0.3 is 0 Å². The first-order chi connectivity index (χ1) is 8.60. The quantitative estimate of drug-likeness (QED) is 0.864. The average Bonchev–Trinajstić information content (AvgIpc) is 2.49. The standard InChI is InChI=1S/C15H24N2O/c1-12-7-13(2)9-14(8-12)17-6-4-5-16(3)15(10-17)11-18/h7-9,15,18H,4-6,10-11H2,1-3H3. The van der Waals surface area contributed by atoms with Crippen LogP contribution in [0, 0.1) is 13.8 Å². The fraction of sp³-hybridized carbons (Fsp3) is 0.600. The van der Waals surface area contributed by atoms with E-state index in [-0.39, 0.29) is 12.6 Å². The van der Waals surface area contributed by atoms with Crippen molar-refractivity contribution in [3.8, 4) is 0 Å². The Bertz CT molecular complexity index is 385. The van der Waals surface area contributed by atoms with Crippen molar-refractivity contribution < 1.29 is 5.11 Å². The molecule has 3 nitrogen and oxygen atoms in total. The molecule has 1 aromatic rings. The molecule has 2 rings (SSSR count). The summed E-state index contributed by atoms with van der Waals surface area (Å²) in [7, 11) is 2.10. The number of likely N-dealkylation sites (N-methyl/N-ethyl adjacent to an activating group) is 1. The highest BCUT2D eigenvalue weighted by Gasteiger charge is 2.21. The molecule has 0 amide bonds. The maximum Gasteiger partial charge on any atom is 0.0603 e. The molecule has 1 heterocycles. The van der Waals surface area contributed by atoms with Gasteiger partial charge in [0.15, 0.2) is 0 Å². The van der Waals surface area contributed by atoms with E-state index in [1.54, 1.807) is 0 Å². The van der Waals surface area contributed by atoms with Crippen LogP contribution in [0.15, 0.2) is 18.2 Å². The van der Waals surface area contributed by atoms with Gasteiger partial charge in [0.25, 0.3) is 0 Å². The number of hydrogen-bond acceptors (Lipinski definition) is 3. The molecule has 1 aromatic carbocycles. The van der Waals surface area contributed by atoms with Gasteiger partial charge in [0.2, 0.25) is 0 Å². The monoisotopic (exact) mass is 248 g/mol. The Morgan fingerprint density at radius 3 is 2.44 bits per heavy atom. The van der Waals surface area contributed by atoms with Crippen LogP contribution in [0.5, 0.6) is 0 Å². The zero-order valence-corrected chi connectivity index (χ0v) is 11.7. The Morgan fingerprint density at radius 2 is 1.83 bits per heavy atom. The van der Waals surface area contributed by atoms with E-state index in [0.29, 0.717) is 0 Å². The highest BCUT2D eigenvalue weighted by atomic mass is 16.3. The second-order valence-corrected chi connectivity index (χ2v) is 5.46. The molecule has 1 atom stereocenters. The highest BCUT2D eigenvalue weighted by molar-refractivity contribution is 5.51. The van der Waals surface area contributed by atoms with Crippen molar-refractivity contribution in [1.82, 2.24) is 4.90 Å². The van der Waals surface area contributed by atoms with E-state index in [2.05, 4.69) is 48.9 Å². The van der Waals surface area contributed by atoms with Crippen molar-refractivity contribution >= 4 is 5.69 Å². The van der Waals surface area contributed by atoms with E-state index in [1.807, 2.05) is 0 Å². The summed E-state index contributed by atoms with van der Waals surface area (Å²) >= 11 is 0. The molecule has 1 aliphatic heterocycles. The lowest BCUT2D eigenvalue weighted by molar-refractivity contribution is 0.159. The third-order valence-corrected chi connectivity index (χ3v) is 3.78. The Kier molecular flexibility index (Phi) is 4.25. The Morgan fingerprint density at radius 1 is 1.17 bits per heavy atom. The van der Waals surface area contributed by atoms with Crippen molar-refractivity contribution in [2.24, 2.45) is 0 Å². The van der Waals surface area contributed by atoms with Crippen LogP contribution in [0.4, 0.5) is 5.69 Å². The summed E-state index contributed by atoms with van der Waals surface area (Å²) in [6, 6.07) is 6.93. The molecule has 1 saturated heterocycles. The van der Waals surface area contributed by atoms with Gasteiger partial charge in [-0.3, -0.25) is 4.90 Å². The zero-order chi connectivity index (χ0) is 13.1. The van der Waals surface area contributed by atoms with Gasteiger partial charge in [0.05, 0.1) is 6.61 Å². The van der Waals surface area contributed by atoms with Gasteiger partial charge in [-0.15, -0.1) is 0 Å².